The Bertz CT molecular complexity index is 1180. The van der Waals surface area contributed by atoms with Gasteiger partial charge in [-0.3, -0.25) is 4.79 Å². The van der Waals surface area contributed by atoms with Crippen LogP contribution in [0.3, 0.4) is 0 Å². The Balaban J connectivity index is 1.18. The van der Waals surface area contributed by atoms with Crippen LogP contribution < -0.4 is 10.6 Å². The van der Waals surface area contributed by atoms with E-state index in [4.69, 9.17) is 16.7 Å². The van der Waals surface area contributed by atoms with Crippen LogP contribution in [-0.2, 0) is 4.79 Å². The van der Waals surface area contributed by atoms with Crippen LogP contribution in [0, 0.1) is 5.92 Å². The van der Waals surface area contributed by atoms with Crippen molar-refractivity contribution in [3.05, 3.63) is 41.8 Å². The van der Waals surface area contributed by atoms with Crippen LogP contribution in [0.25, 0.3) is 22.2 Å². The Morgan fingerprint density at radius 3 is 2.67 bits per heavy atom. The van der Waals surface area contributed by atoms with Crippen molar-refractivity contribution in [3.63, 3.8) is 0 Å². The zero-order chi connectivity index (χ0) is 22.9. The van der Waals surface area contributed by atoms with Gasteiger partial charge in [0.15, 0.2) is 0 Å². The van der Waals surface area contributed by atoms with Gasteiger partial charge >= 0.3 is 6.09 Å². The average Bonchev–Trinajstić information content (AvgIpc) is 3.18. The van der Waals surface area contributed by atoms with Gasteiger partial charge in [0.25, 0.3) is 0 Å². The summed E-state index contributed by atoms with van der Waals surface area (Å²) in [5.74, 6) is 0.454. The molecule has 172 valence electrons. The van der Waals surface area contributed by atoms with Gasteiger partial charge in [-0.1, -0.05) is 11.6 Å². The van der Waals surface area contributed by atoms with Crippen LogP contribution in [0.5, 0.6) is 0 Å². The van der Waals surface area contributed by atoms with E-state index in [9.17, 15) is 9.59 Å². The Morgan fingerprint density at radius 2 is 1.91 bits per heavy atom. The lowest BCUT2D eigenvalue weighted by atomic mass is 9.90. The van der Waals surface area contributed by atoms with Crippen LogP contribution in [0.2, 0.25) is 5.15 Å². The highest BCUT2D eigenvalue weighted by molar-refractivity contribution is 6.29. The third kappa shape index (κ3) is 4.59. The minimum absolute atomic E-state index is 0.0433. The van der Waals surface area contributed by atoms with E-state index in [2.05, 4.69) is 25.6 Å². The molecular formula is C23H25ClN6O3. The molecule has 33 heavy (non-hydrogen) atoms. The molecule has 0 spiro atoms. The quantitative estimate of drug-likeness (QED) is 0.423. The van der Waals surface area contributed by atoms with Crippen molar-refractivity contribution < 1.29 is 14.7 Å². The Kier molecular flexibility index (Phi) is 5.80. The largest absolute Gasteiger partial charge is 0.465 e. The number of amides is 2. The maximum Gasteiger partial charge on any atom is 0.407 e. The second-order valence-corrected chi connectivity index (χ2v) is 9.14. The molecule has 10 heteroatoms. The standard InChI is InChI=1S/C23H25ClN6O3/c24-19-8-13(18-10-26-21-17(18)2-1-7-25-21)9-20(29-19)27-15-3-5-16(6-4-15)28-22(31)14-11-30(12-14)23(32)33/h1-2,7-10,14-16H,3-6,11-12H2,(H,25,26)(H,27,29)(H,28,31)(H,32,33). The van der Waals surface area contributed by atoms with Gasteiger partial charge in [0.1, 0.15) is 16.6 Å². The first-order valence-corrected chi connectivity index (χ1v) is 11.5. The molecule has 0 aromatic carbocycles. The number of halogens is 1. The van der Waals surface area contributed by atoms with Crippen LogP contribution >= 0.6 is 11.6 Å². The number of nitrogens with zero attached hydrogens (tertiary/aromatic N) is 3. The van der Waals surface area contributed by atoms with Crippen molar-refractivity contribution in [2.45, 2.75) is 37.8 Å². The van der Waals surface area contributed by atoms with E-state index >= 15 is 0 Å². The van der Waals surface area contributed by atoms with Gasteiger partial charge in [0, 0.05) is 48.5 Å². The van der Waals surface area contributed by atoms with Crippen molar-refractivity contribution >= 4 is 40.5 Å². The lowest BCUT2D eigenvalue weighted by molar-refractivity contribution is -0.130. The van der Waals surface area contributed by atoms with Crippen LogP contribution in [0.15, 0.2) is 36.7 Å². The van der Waals surface area contributed by atoms with E-state index < -0.39 is 6.09 Å². The van der Waals surface area contributed by atoms with Gasteiger partial charge in [-0.2, -0.15) is 0 Å². The maximum absolute atomic E-state index is 12.3. The predicted octanol–water partition coefficient (Wildman–Crippen LogP) is 3.73. The molecule has 1 saturated heterocycles. The summed E-state index contributed by atoms with van der Waals surface area (Å²) >= 11 is 6.33. The number of nitrogens with one attached hydrogen (secondary N) is 3. The number of hydrogen-bond acceptors (Lipinski definition) is 5. The summed E-state index contributed by atoms with van der Waals surface area (Å²) in [7, 11) is 0. The number of carboxylic acid groups (broad SMARTS) is 1. The van der Waals surface area contributed by atoms with Gasteiger partial charge < -0.3 is 25.6 Å². The minimum Gasteiger partial charge on any atom is -0.465 e. The molecule has 4 N–H and O–H groups in total. The molecule has 2 aliphatic rings. The molecule has 4 heterocycles. The Morgan fingerprint density at radius 1 is 1.15 bits per heavy atom. The summed E-state index contributed by atoms with van der Waals surface area (Å²) in [6.07, 6.45) is 6.24. The number of aromatic nitrogens is 3. The number of carbonyl (C=O) groups excluding carboxylic acids is 1. The number of carbonyl (C=O) groups is 2. The van der Waals surface area contributed by atoms with Crippen molar-refractivity contribution in [1.82, 2.24) is 25.2 Å². The van der Waals surface area contributed by atoms with Crippen molar-refractivity contribution in [3.8, 4) is 11.1 Å². The molecule has 2 amide bonds. The normalized spacial score (nSPS) is 20.9. The fourth-order valence-corrected chi connectivity index (χ4v) is 4.84. The van der Waals surface area contributed by atoms with E-state index in [0.29, 0.717) is 5.15 Å². The molecule has 9 nitrogen and oxygen atoms in total. The lowest BCUT2D eigenvalue weighted by Crippen LogP contribution is -2.56. The van der Waals surface area contributed by atoms with Crippen LogP contribution in [0.4, 0.5) is 10.6 Å². The molecule has 2 fully saturated rings. The van der Waals surface area contributed by atoms with Gasteiger partial charge in [-0.15, -0.1) is 0 Å². The predicted molar refractivity (Wildman–Crippen MR) is 125 cm³/mol. The fourth-order valence-electron chi connectivity index (χ4n) is 4.63. The van der Waals surface area contributed by atoms with Crippen molar-refractivity contribution in [2.24, 2.45) is 5.92 Å². The minimum atomic E-state index is -0.968. The summed E-state index contributed by atoms with van der Waals surface area (Å²) in [4.78, 5) is 36.4. The second kappa shape index (κ2) is 8.90. The summed E-state index contributed by atoms with van der Waals surface area (Å²) in [5, 5.41) is 16.9. The molecule has 1 aliphatic carbocycles. The van der Waals surface area contributed by atoms with Gasteiger partial charge in [0.2, 0.25) is 5.91 Å². The molecule has 0 radical (unpaired) electrons. The first kappa shape index (κ1) is 21.5. The second-order valence-electron chi connectivity index (χ2n) is 8.75. The molecule has 0 unspecified atom stereocenters. The van der Waals surface area contributed by atoms with Gasteiger partial charge in [-0.25, -0.2) is 14.8 Å². The summed E-state index contributed by atoms with van der Waals surface area (Å²) in [6, 6.07) is 8.14. The third-order valence-electron chi connectivity index (χ3n) is 6.50. The number of H-pyrrole nitrogens is 1. The fraction of sp³-hybridized carbons (Fsp3) is 0.391. The number of pyridine rings is 2. The molecule has 1 aliphatic heterocycles. The van der Waals surface area contributed by atoms with Crippen LogP contribution in [0.1, 0.15) is 25.7 Å². The number of anilines is 1. The summed E-state index contributed by atoms with van der Waals surface area (Å²) < 4.78 is 0. The molecule has 0 atom stereocenters. The number of fused-ring (bicyclic) bond motifs is 1. The Labute approximate surface area is 195 Å². The highest BCUT2D eigenvalue weighted by Gasteiger charge is 2.36. The van der Waals surface area contributed by atoms with Gasteiger partial charge in [0.05, 0.1) is 5.92 Å². The average molecular weight is 469 g/mol. The number of hydrogen-bond donors (Lipinski definition) is 4. The van der Waals surface area contributed by atoms with E-state index in [1.54, 1.807) is 6.20 Å². The monoisotopic (exact) mass is 468 g/mol. The third-order valence-corrected chi connectivity index (χ3v) is 6.70. The zero-order valence-electron chi connectivity index (χ0n) is 17.9. The number of rotatable bonds is 5. The Hall–Kier alpha value is -3.33. The molecule has 0 bridgehead atoms. The smallest absolute Gasteiger partial charge is 0.407 e. The SMILES string of the molecule is O=C(NC1CCC(Nc2cc(-c3c[nH]c4ncccc34)cc(Cl)n2)CC1)C1CN(C(=O)O)C1. The first-order chi connectivity index (χ1) is 16.0. The summed E-state index contributed by atoms with van der Waals surface area (Å²) in [5.41, 5.74) is 2.82. The molecule has 5 rings (SSSR count). The van der Waals surface area contributed by atoms with Crippen LogP contribution in [-0.4, -0.2) is 62.1 Å². The van der Waals surface area contributed by atoms with Gasteiger partial charge in [-0.05, 0) is 55.5 Å². The summed E-state index contributed by atoms with van der Waals surface area (Å²) in [6.45, 7) is 0.570. The zero-order valence-corrected chi connectivity index (χ0v) is 18.7. The highest BCUT2D eigenvalue weighted by Crippen LogP contribution is 2.31. The molecular weight excluding hydrogens is 444 g/mol. The lowest BCUT2D eigenvalue weighted by Gasteiger charge is -2.37. The number of likely N-dealkylation sites (tertiary alicyclic amines) is 1. The maximum atomic E-state index is 12.3. The van der Waals surface area contributed by atoms with E-state index in [-0.39, 0.29) is 37.0 Å². The first-order valence-electron chi connectivity index (χ1n) is 11.1. The topological polar surface area (TPSA) is 123 Å². The highest BCUT2D eigenvalue weighted by atomic mass is 35.5. The number of aromatic amines is 1. The van der Waals surface area contributed by atoms with Crippen molar-refractivity contribution in [2.75, 3.05) is 18.4 Å². The molecule has 1 saturated carbocycles. The van der Waals surface area contributed by atoms with Crippen molar-refractivity contribution in [1.29, 1.82) is 0 Å². The van der Waals surface area contributed by atoms with E-state index in [1.165, 1.54) is 4.90 Å². The molecule has 3 aromatic heterocycles. The van der Waals surface area contributed by atoms with E-state index in [0.717, 1.165) is 53.7 Å². The van der Waals surface area contributed by atoms with E-state index in [1.807, 2.05) is 30.5 Å². The molecule has 3 aromatic rings.